The molecular formula is C13H16N2O2S. The number of hydrogen-bond donors (Lipinski definition) is 1. The van der Waals surface area contributed by atoms with Crippen LogP contribution in [0.4, 0.5) is 5.69 Å². The Kier molecular flexibility index (Phi) is 4.34. The third kappa shape index (κ3) is 2.89. The van der Waals surface area contributed by atoms with Gasteiger partial charge in [-0.2, -0.15) is 5.26 Å². The van der Waals surface area contributed by atoms with Gasteiger partial charge in [-0.1, -0.05) is 12.1 Å². The van der Waals surface area contributed by atoms with Crippen LogP contribution in [0, 0.1) is 11.3 Å². The summed E-state index contributed by atoms with van der Waals surface area (Å²) < 4.78 is 17.5. The van der Waals surface area contributed by atoms with Gasteiger partial charge in [0.1, 0.15) is 6.07 Å². The van der Waals surface area contributed by atoms with E-state index >= 15 is 0 Å². The lowest BCUT2D eigenvalue weighted by Crippen LogP contribution is -2.25. The van der Waals surface area contributed by atoms with Gasteiger partial charge < -0.3 is 10.5 Å². The molecule has 1 fully saturated rings. The third-order valence-electron chi connectivity index (χ3n) is 3.13. The highest BCUT2D eigenvalue weighted by molar-refractivity contribution is 7.84. The van der Waals surface area contributed by atoms with Gasteiger partial charge in [-0.3, -0.25) is 4.21 Å². The van der Waals surface area contributed by atoms with Crippen molar-refractivity contribution in [1.82, 2.24) is 0 Å². The molecule has 4 nitrogen and oxygen atoms in total. The third-order valence-corrected chi connectivity index (χ3v) is 4.94. The van der Waals surface area contributed by atoms with Gasteiger partial charge in [0.05, 0.1) is 11.3 Å². The van der Waals surface area contributed by atoms with Gasteiger partial charge in [-0.15, -0.1) is 0 Å². The SMILES string of the molecule is N#Cc1c(N)cccc1CS(=O)C1CCOCC1. The van der Waals surface area contributed by atoms with E-state index in [0.29, 0.717) is 30.2 Å². The second kappa shape index (κ2) is 5.98. The van der Waals surface area contributed by atoms with Gasteiger partial charge in [0.2, 0.25) is 0 Å². The van der Waals surface area contributed by atoms with Crippen molar-refractivity contribution in [3.63, 3.8) is 0 Å². The van der Waals surface area contributed by atoms with E-state index in [2.05, 4.69) is 6.07 Å². The molecule has 18 heavy (non-hydrogen) atoms. The van der Waals surface area contributed by atoms with Crippen molar-refractivity contribution in [2.45, 2.75) is 23.8 Å². The second-order valence-electron chi connectivity index (χ2n) is 4.33. The summed E-state index contributed by atoms with van der Waals surface area (Å²) in [6.07, 6.45) is 1.66. The maximum absolute atomic E-state index is 12.3. The highest BCUT2D eigenvalue weighted by Crippen LogP contribution is 2.21. The van der Waals surface area contributed by atoms with Gasteiger partial charge in [0, 0.05) is 35.0 Å². The molecule has 0 radical (unpaired) electrons. The number of anilines is 1. The number of nitriles is 1. The van der Waals surface area contributed by atoms with Crippen LogP contribution in [0.2, 0.25) is 0 Å². The molecule has 0 bridgehead atoms. The fraction of sp³-hybridized carbons (Fsp3) is 0.462. The first-order valence-corrected chi connectivity index (χ1v) is 7.33. The molecule has 96 valence electrons. The van der Waals surface area contributed by atoms with E-state index in [-0.39, 0.29) is 5.25 Å². The molecule has 2 rings (SSSR count). The minimum atomic E-state index is -0.964. The van der Waals surface area contributed by atoms with Crippen LogP contribution in [0.1, 0.15) is 24.0 Å². The van der Waals surface area contributed by atoms with E-state index < -0.39 is 10.8 Å². The molecule has 5 heteroatoms. The maximum atomic E-state index is 12.3. The zero-order chi connectivity index (χ0) is 13.0. The summed E-state index contributed by atoms with van der Waals surface area (Å²) in [5.74, 6) is 0.401. The lowest BCUT2D eigenvalue weighted by atomic mass is 10.1. The first-order valence-electron chi connectivity index (χ1n) is 5.94. The molecule has 0 aromatic heterocycles. The molecule has 1 unspecified atom stereocenters. The molecule has 0 spiro atoms. The highest BCUT2D eigenvalue weighted by Gasteiger charge is 2.21. The van der Waals surface area contributed by atoms with Gasteiger partial charge >= 0.3 is 0 Å². The van der Waals surface area contributed by atoms with Crippen molar-refractivity contribution < 1.29 is 8.95 Å². The molecule has 1 aromatic carbocycles. The number of benzene rings is 1. The predicted octanol–water partition coefficient (Wildman–Crippen LogP) is 1.57. The summed E-state index contributed by atoms with van der Waals surface area (Å²) in [4.78, 5) is 0. The molecule has 2 N–H and O–H groups in total. The molecule has 0 aliphatic carbocycles. The predicted molar refractivity (Wildman–Crippen MR) is 71.3 cm³/mol. The second-order valence-corrected chi connectivity index (χ2v) is 6.05. The largest absolute Gasteiger partial charge is 0.398 e. The Morgan fingerprint density at radius 2 is 2.17 bits per heavy atom. The lowest BCUT2D eigenvalue weighted by Gasteiger charge is -2.21. The Labute approximate surface area is 109 Å². The van der Waals surface area contributed by atoms with Crippen molar-refractivity contribution in [3.8, 4) is 6.07 Å². The Morgan fingerprint density at radius 3 is 2.83 bits per heavy atom. The summed E-state index contributed by atoms with van der Waals surface area (Å²) in [5.41, 5.74) is 7.44. The highest BCUT2D eigenvalue weighted by atomic mass is 32.2. The van der Waals surface area contributed by atoms with Crippen LogP contribution in [-0.2, 0) is 21.3 Å². The van der Waals surface area contributed by atoms with Crippen molar-refractivity contribution >= 4 is 16.5 Å². The van der Waals surface area contributed by atoms with Gasteiger partial charge in [0.25, 0.3) is 0 Å². The van der Waals surface area contributed by atoms with Crippen LogP contribution < -0.4 is 5.73 Å². The fourth-order valence-corrected chi connectivity index (χ4v) is 3.59. The van der Waals surface area contributed by atoms with Crippen LogP contribution in [0.25, 0.3) is 0 Å². The summed E-state index contributed by atoms with van der Waals surface area (Å²) in [6, 6.07) is 7.41. The van der Waals surface area contributed by atoms with Crippen LogP contribution in [0.5, 0.6) is 0 Å². The van der Waals surface area contributed by atoms with Crippen LogP contribution in [-0.4, -0.2) is 22.7 Å². The minimum Gasteiger partial charge on any atom is -0.398 e. The number of nitrogens with zero attached hydrogens (tertiary/aromatic N) is 1. The van der Waals surface area contributed by atoms with Gasteiger partial charge in [-0.25, -0.2) is 0 Å². The molecule has 1 heterocycles. The van der Waals surface area contributed by atoms with Crippen molar-refractivity contribution in [2.75, 3.05) is 18.9 Å². The molecule has 1 aliphatic rings. The average molecular weight is 264 g/mol. The van der Waals surface area contributed by atoms with E-state index in [1.165, 1.54) is 0 Å². The van der Waals surface area contributed by atoms with Crippen molar-refractivity contribution in [3.05, 3.63) is 29.3 Å². The first kappa shape index (κ1) is 13.1. The topological polar surface area (TPSA) is 76.1 Å². The van der Waals surface area contributed by atoms with E-state index in [1.54, 1.807) is 12.1 Å². The number of rotatable bonds is 3. The molecule has 0 amide bonds. The summed E-state index contributed by atoms with van der Waals surface area (Å²) in [5, 5.41) is 9.25. The Balaban J connectivity index is 2.12. The average Bonchev–Trinajstić information content (AvgIpc) is 2.40. The van der Waals surface area contributed by atoms with Crippen LogP contribution in [0.3, 0.4) is 0 Å². The lowest BCUT2D eigenvalue weighted by molar-refractivity contribution is 0.0992. The molecule has 0 saturated carbocycles. The normalized spacial score (nSPS) is 18.2. The van der Waals surface area contributed by atoms with E-state index in [1.807, 2.05) is 6.07 Å². The van der Waals surface area contributed by atoms with E-state index in [0.717, 1.165) is 18.4 Å². The minimum absolute atomic E-state index is 0.173. The fourth-order valence-electron chi connectivity index (χ4n) is 2.09. The molecule has 1 atom stereocenters. The first-order chi connectivity index (χ1) is 8.72. The van der Waals surface area contributed by atoms with Gasteiger partial charge in [0.15, 0.2) is 0 Å². The number of hydrogen-bond acceptors (Lipinski definition) is 4. The van der Waals surface area contributed by atoms with Gasteiger partial charge in [-0.05, 0) is 24.5 Å². The van der Waals surface area contributed by atoms with Crippen molar-refractivity contribution in [2.24, 2.45) is 0 Å². The number of nitrogen functional groups attached to an aromatic ring is 1. The van der Waals surface area contributed by atoms with Crippen molar-refractivity contribution in [1.29, 1.82) is 5.26 Å². The molecular weight excluding hydrogens is 248 g/mol. The molecule has 1 saturated heterocycles. The van der Waals surface area contributed by atoms with Crippen LogP contribution >= 0.6 is 0 Å². The maximum Gasteiger partial charge on any atom is 0.102 e. The van der Waals surface area contributed by atoms with E-state index in [4.69, 9.17) is 15.7 Å². The summed E-state index contributed by atoms with van der Waals surface area (Å²) in [7, 11) is -0.964. The Bertz CT molecular complexity index is 490. The molecule has 1 aliphatic heterocycles. The number of ether oxygens (including phenoxy) is 1. The number of nitrogens with two attached hydrogens (primary N) is 1. The Hall–Kier alpha value is -1.38. The van der Waals surface area contributed by atoms with Crippen LogP contribution in [0.15, 0.2) is 18.2 Å². The summed E-state index contributed by atoms with van der Waals surface area (Å²) >= 11 is 0. The monoisotopic (exact) mass is 264 g/mol. The molecule has 1 aromatic rings. The smallest absolute Gasteiger partial charge is 0.102 e. The van der Waals surface area contributed by atoms with E-state index in [9.17, 15) is 4.21 Å². The quantitative estimate of drug-likeness (QED) is 0.841. The Morgan fingerprint density at radius 1 is 1.44 bits per heavy atom. The zero-order valence-electron chi connectivity index (χ0n) is 10.1. The standard InChI is InChI=1S/C13H16N2O2S/c14-8-12-10(2-1-3-13(12)15)9-18(16)11-4-6-17-7-5-11/h1-3,11H,4-7,9,15H2. The summed E-state index contributed by atoms with van der Waals surface area (Å²) in [6.45, 7) is 1.36. The zero-order valence-corrected chi connectivity index (χ0v) is 10.9.